The van der Waals surface area contributed by atoms with Gasteiger partial charge in [0.05, 0.1) is 29.1 Å². The van der Waals surface area contributed by atoms with Crippen LogP contribution in [0.25, 0.3) is 0 Å². The predicted octanol–water partition coefficient (Wildman–Crippen LogP) is 5.10. The fraction of sp³-hybridized carbons (Fsp3) is 0.0526. The smallest absolute Gasteiger partial charge is 0.291 e. The van der Waals surface area contributed by atoms with Gasteiger partial charge in [0.2, 0.25) is 0 Å². The van der Waals surface area contributed by atoms with Crippen molar-refractivity contribution in [3.63, 3.8) is 0 Å². The first kappa shape index (κ1) is 18.8. The summed E-state index contributed by atoms with van der Waals surface area (Å²) in [6.07, 6.45) is 1.41. The van der Waals surface area contributed by atoms with E-state index in [1.807, 2.05) is 0 Å². The molecular formula is C19H14Cl2N2O4. The Morgan fingerprint density at radius 1 is 0.963 bits per heavy atom. The van der Waals surface area contributed by atoms with E-state index in [0.717, 1.165) is 0 Å². The Bertz CT molecular complexity index is 987. The number of halogens is 2. The van der Waals surface area contributed by atoms with Gasteiger partial charge in [-0.25, -0.2) is 0 Å². The lowest BCUT2D eigenvalue weighted by atomic mass is 10.2. The van der Waals surface area contributed by atoms with Gasteiger partial charge in [0, 0.05) is 11.3 Å². The van der Waals surface area contributed by atoms with E-state index in [1.54, 1.807) is 36.4 Å². The van der Waals surface area contributed by atoms with Crippen molar-refractivity contribution < 1.29 is 18.7 Å². The van der Waals surface area contributed by atoms with Crippen LogP contribution in [0.4, 0.5) is 11.4 Å². The highest BCUT2D eigenvalue weighted by Crippen LogP contribution is 2.29. The summed E-state index contributed by atoms with van der Waals surface area (Å²) in [5.41, 5.74) is 1.17. The van der Waals surface area contributed by atoms with Gasteiger partial charge in [-0.05, 0) is 48.5 Å². The summed E-state index contributed by atoms with van der Waals surface area (Å²) in [5, 5.41) is 6.05. The highest BCUT2D eigenvalue weighted by atomic mass is 35.5. The Hall–Kier alpha value is -2.96. The maximum absolute atomic E-state index is 12.5. The third-order valence-electron chi connectivity index (χ3n) is 3.63. The maximum atomic E-state index is 12.5. The first-order valence-corrected chi connectivity index (χ1v) is 8.53. The van der Waals surface area contributed by atoms with Gasteiger partial charge in [0.25, 0.3) is 11.8 Å². The zero-order chi connectivity index (χ0) is 19.4. The molecule has 0 spiro atoms. The first-order chi connectivity index (χ1) is 13.0. The first-order valence-electron chi connectivity index (χ1n) is 7.77. The van der Waals surface area contributed by atoms with E-state index >= 15 is 0 Å². The molecule has 3 rings (SSSR count). The highest BCUT2D eigenvalue weighted by Gasteiger charge is 2.14. The van der Waals surface area contributed by atoms with E-state index in [2.05, 4.69) is 10.6 Å². The quantitative estimate of drug-likeness (QED) is 0.619. The van der Waals surface area contributed by atoms with Crippen LogP contribution in [0, 0.1) is 0 Å². The second-order valence-corrected chi connectivity index (χ2v) is 6.24. The number of ether oxygens (including phenoxy) is 1. The number of nitrogens with one attached hydrogen (secondary N) is 2. The van der Waals surface area contributed by atoms with Gasteiger partial charge in [-0.3, -0.25) is 9.59 Å². The Kier molecular flexibility index (Phi) is 5.69. The van der Waals surface area contributed by atoms with Crippen LogP contribution in [0.3, 0.4) is 0 Å². The minimum Gasteiger partial charge on any atom is -0.495 e. The van der Waals surface area contributed by atoms with Crippen molar-refractivity contribution in [2.24, 2.45) is 0 Å². The molecule has 0 aliphatic heterocycles. The average molecular weight is 405 g/mol. The molecule has 0 unspecified atom stereocenters. The van der Waals surface area contributed by atoms with Crippen molar-refractivity contribution in [3.8, 4) is 5.75 Å². The molecule has 138 valence electrons. The Morgan fingerprint density at radius 2 is 1.78 bits per heavy atom. The van der Waals surface area contributed by atoms with E-state index in [0.29, 0.717) is 27.7 Å². The molecule has 0 bridgehead atoms. The van der Waals surface area contributed by atoms with Gasteiger partial charge in [0.15, 0.2) is 5.76 Å². The van der Waals surface area contributed by atoms with Crippen LogP contribution in [0.5, 0.6) is 5.75 Å². The molecule has 0 radical (unpaired) electrons. The van der Waals surface area contributed by atoms with Gasteiger partial charge >= 0.3 is 0 Å². The number of carbonyl (C=O) groups excluding carboxylic acids is 2. The molecule has 0 saturated carbocycles. The molecule has 2 aromatic carbocycles. The number of methoxy groups -OCH3 is 1. The van der Waals surface area contributed by atoms with Gasteiger partial charge in [0.1, 0.15) is 5.75 Å². The number of hydrogen-bond acceptors (Lipinski definition) is 4. The molecule has 1 heterocycles. The Morgan fingerprint density at radius 3 is 2.44 bits per heavy atom. The van der Waals surface area contributed by atoms with Crippen LogP contribution < -0.4 is 15.4 Å². The lowest BCUT2D eigenvalue weighted by Crippen LogP contribution is -2.14. The van der Waals surface area contributed by atoms with Gasteiger partial charge in [-0.15, -0.1) is 0 Å². The number of benzene rings is 2. The zero-order valence-corrected chi connectivity index (χ0v) is 15.6. The van der Waals surface area contributed by atoms with E-state index in [4.69, 9.17) is 32.4 Å². The summed E-state index contributed by atoms with van der Waals surface area (Å²) in [4.78, 5) is 24.6. The Labute approximate surface area is 165 Å². The monoisotopic (exact) mass is 404 g/mol. The number of carbonyl (C=O) groups is 2. The van der Waals surface area contributed by atoms with Crippen LogP contribution in [0.1, 0.15) is 20.9 Å². The molecule has 27 heavy (non-hydrogen) atoms. The predicted molar refractivity (Wildman–Crippen MR) is 104 cm³/mol. The fourth-order valence-corrected chi connectivity index (χ4v) is 2.61. The van der Waals surface area contributed by atoms with Crippen LogP contribution in [0.2, 0.25) is 10.0 Å². The topological polar surface area (TPSA) is 80.6 Å². The Balaban J connectivity index is 1.81. The van der Waals surface area contributed by atoms with Crippen LogP contribution in [0.15, 0.2) is 59.2 Å². The molecule has 0 aliphatic rings. The fourth-order valence-electron chi connectivity index (χ4n) is 2.32. The summed E-state index contributed by atoms with van der Waals surface area (Å²) in [5.74, 6) is -0.208. The van der Waals surface area contributed by atoms with E-state index in [1.165, 1.54) is 25.5 Å². The second-order valence-electron chi connectivity index (χ2n) is 5.43. The standard InChI is InChI=1S/C19H14Cl2N2O4/c1-26-16-7-5-12(22-19(25)17-3-2-8-27-17)10-15(16)23-18(24)11-4-6-13(20)14(21)9-11/h2-10H,1H3,(H,22,25)(H,23,24). The minimum absolute atomic E-state index is 0.173. The molecule has 2 N–H and O–H groups in total. The molecular weight excluding hydrogens is 391 g/mol. The second kappa shape index (κ2) is 8.16. The van der Waals surface area contributed by atoms with Crippen LogP contribution in [-0.2, 0) is 0 Å². The van der Waals surface area contributed by atoms with Crippen molar-refractivity contribution in [2.75, 3.05) is 17.7 Å². The summed E-state index contributed by atoms with van der Waals surface area (Å²) in [7, 11) is 1.48. The van der Waals surface area contributed by atoms with E-state index in [9.17, 15) is 9.59 Å². The number of hydrogen-bond donors (Lipinski definition) is 2. The summed E-state index contributed by atoms with van der Waals surface area (Å²) in [6.45, 7) is 0. The number of furan rings is 1. The normalized spacial score (nSPS) is 10.3. The van der Waals surface area contributed by atoms with Crippen LogP contribution >= 0.6 is 23.2 Å². The van der Waals surface area contributed by atoms with Gasteiger partial charge in [-0.2, -0.15) is 0 Å². The molecule has 1 aromatic heterocycles. The lowest BCUT2D eigenvalue weighted by molar-refractivity contribution is 0.0995. The SMILES string of the molecule is COc1ccc(NC(=O)c2ccco2)cc1NC(=O)c1ccc(Cl)c(Cl)c1. The van der Waals surface area contributed by atoms with E-state index in [-0.39, 0.29) is 10.8 Å². The van der Waals surface area contributed by atoms with Crippen molar-refractivity contribution in [1.29, 1.82) is 0 Å². The number of rotatable bonds is 5. The summed E-state index contributed by atoms with van der Waals surface area (Å²) >= 11 is 11.8. The summed E-state index contributed by atoms with van der Waals surface area (Å²) < 4.78 is 10.3. The third-order valence-corrected chi connectivity index (χ3v) is 4.37. The largest absolute Gasteiger partial charge is 0.495 e. The third kappa shape index (κ3) is 4.42. The highest BCUT2D eigenvalue weighted by molar-refractivity contribution is 6.42. The molecule has 2 amide bonds. The zero-order valence-electron chi connectivity index (χ0n) is 14.1. The van der Waals surface area contributed by atoms with Crippen molar-refractivity contribution in [2.45, 2.75) is 0 Å². The summed E-state index contributed by atoms with van der Waals surface area (Å²) in [6, 6.07) is 12.6. The van der Waals surface area contributed by atoms with Gasteiger partial charge < -0.3 is 19.8 Å². The van der Waals surface area contributed by atoms with E-state index < -0.39 is 11.8 Å². The van der Waals surface area contributed by atoms with Crippen molar-refractivity contribution in [3.05, 3.63) is 76.2 Å². The minimum atomic E-state index is -0.410. The number of anilines is 2. The molecule has 0 saturated heterocycles. The van der Waals surface area contributed by atoms with Gasteiger partial charge in [-0.1, -0.05) is 23.2 Å². The van der Waals surface area contributed by atoms with Crippen LogP contribution in [-0.4, -0.2) is 18.9 Å². The molecule has 8 heteroatoms. The molecule has 0 atom stereocenters. The average Bonchev–Trinajstić information content (AvgIpc) is 3.19. The molecule has 6 nitrogen and oxygen atoms in total. The van der Waals surface area contributed by atoms with Crippen molar-refractivity contribution in [1.82, 2.24) is 0 Å². The molecule has 3 aromatic rings. The maximum Gasteiger partial charge on any atom is 0.291 e. The molecule has 0 fully saturated rings. The lowest BCUT2D eigenvalue weighted by Gasteiger charge is -2.13. The number of amides is 2. The molecule has 0 aliphatic carbocycles. The van der Waals surface area contributed by atoms with Crippen molar-refractivity contribution >= 4 is 46.4 Å².